The van der Waals surface area contributed by atoms with Gasteiger partial charge in [0.05, 0.1) is 22.6 Å². The van der Waals surface area contributed by atoms with Crippen LogP contribution in [0.3, 0.4) is 0 Å². The lowest BCUT2D eigenvalue weighted by Crippen LogP contribution is -2.23. The second kappa shape index (κ2) is 7.70. The highest BCUT2D eigenvalue weighted by molar-refractivity contribution is 8.00. The monoisotopic (exact) mass is 410 g/mol. The Morgan fingerprint density at radius 3 is 2.46 bits per heavy atom. The van der Waals surface area contributed by atoms with Gasteiger partial charge >= 0.3 is 6.18 Å². The molecule has 2 aromatic heterocycles. The van der Waals surface area contributed by atoms with Gasteiger partial charge in [0.1, 0.15) is 5.76 Å². The molecule has 0 fully saturated rings. The average molecular weight is 410 g/mol. The first-order chi connectivity index (χ1) is 13.2. The molecule has 2 heterocycles. The molecule has 1 aromatic carbocycles. The third-order valence-corrected chi connectivity index (χ3v) is 5.20. The van der Waals surface area contributed by atoms with Crippen molar-refractivity contribution >= 4 is 23.4 Å². The molecule has 0 aliphatic rings. The first kappa shape index (κ1) is 20.0. The number of hydrogen-bond acceptors (Lipinski definition) is 5. The van der Waals surface area contributed by atoms with E-state index in [1.54, 1.807) is 30.9 Å². The van der Waals surface area contributed by atoms with Crippen LogP contribution in [-0.4, -0.2) is 25.9 Å². The average Bonchev–Trinajstić information content (AvgIpc) is 3.20. The molecule has 6 nitrogen and oxygen atoms in total. The lowest BCUT2D eigenvalue weighted by Gasteiger charge is -2.12. The van der Waals surface area contributed by atoms with E-state index in [2.05, 4.69) is 15.5 Å². The molecule has 1 atom stereocenters. The van der Waals surface area contributed by atoms with Crippen LogP contribution >= 0.6 is 11.8 Å². The highest BCUT2D eigenvalue weighted by Gasteiger charge is 2.30. The molecule has 3 rings (SSSR count). The van der Waals surface area contributed by atoms with Gasteiger partial charge in [-0.25, -0.2) is 0 Å². The molecule has 0 radical (unpaired) electrons. The standard InChI is InChI=1S/C18H17F3N4O2S/c1-10-14(8-9-27-10)15-23-24-17(25(15)3)28-11(2)16(26)22-13-6-4-12(5-7-13)18(19,20)21/h4-9,11H,1-3H3,(H,22,26)/t11-/m1/s1. The number of alkyl halides is 3. The summed E-state index contributed by atoms with van der Waals surface area (Å²) in [6.45, 7) is 3.50. The zero-order valence-corrected chi connectivity index (χ0v) is 16.1. The smallest absolute Gasteiger partial charge is 0.416 e. The number of anilines is 1. The number of thioether (sulfide) groups is 1. The number of aryl methyl sites for hydroxylation is 1. The lowest BCUT2D eigenvalue weighted by atomic mass is 10.2. The van der Waals surface area contributed by atoms with Crippen LogP contribution in [0.2, 0.25) is 0 Å². The molecular weight excluding hydrogens is 393 g/mol. The van der Waals surface area contributed by atoms with E-state index in [0.29, 0.717) is 16.7 Å². The van der Waals surface area contributed by atoms with Gasteiger partial charge in [0.15, 0.2) is 11.0 Å². The Hall–Kier alpha value is -2.75. The molecule has 28 heavy (non-hydrogen) atoms. The van der Waals surface area contributed by atoms with Crippen molar-refractivity contribution in [1.82, 2.24) is 14.8 Å². The summed E-state index contributed by atoms with van der Waals surface area (Å²) in [5.41, 5.74) is 0.330. The number of aromatic nitrogens is 3. The van der Waals surface area contributed by atoms with Crippen LogP contribution in [0.25, 0.3) is 11.4 Å². The molecule has 0 aliphatic carbocycles. The van der Waals surface area contributed by atoms with Crippen LogP contribution < -0.4 is 5.32 Å². The minimum atomic E-state index is -4.41. The minimum Gasteiger partial charge on any atom is -0.469 e. The van der Waals surface area contributed by atoms with Gasteiger partial charge in [-0.05, 0) is 44.2 Å². The molecule has 0 saturated carbocycles. The van der Waals surface area contributed by atoms with E-state index < -0.39 is 17.0 Å². The Bertz CT molecular complexity index is 980. The Kier molecular flexibility index (Phi) is 5.50. The van der Waals surface area contributed by atoms with Gasteiger partial charge in [0, 0.05) is 12.7 Å². The summed E-state index contributed by atoms with van der Waals surface area (Å²) in [6, 6.07) is 6.08. The zero-order chi connectivity index (χ0) is 20.5. The third kappa shape index (κ3) is 4.22. The number of rotatable bonds is 5. The molecule has 0 spiro atoms. The summed E-state index contributed by atoms with van der Waals surface area (Å²) in [7, 11) is 1.78. The van der Waals surface area contributed by atoms with Crippen molar-refractivity contribution in [3.8, 4) is 11.4 Å². The van der Waals surface area contributed by atoms with E-state index in [-0.39, 0.29) is 11.6 Å². The SMILES string of the molecule is Cc1occc1-c1nnc(S[C@H](C)C(=O)Nc2ccc(C(F)(F)F)cc2)n1C. The van der Waals surface area contributed by atoms with Crippen LogP contribution in [-0.2, 0) is 18.0 Å². The summed E-state index contributed by atoms with van der Waals surface area (Å²) >= 11 is 1.20. The topological polar surface area (TPSA) is 72.9 Å². The van der Waals surface area contributed by atoms with Gasteiger partial charge in [0.25, 0.3) is 0 Å². The molecule has 1 N–H and O–H groups in total. The van der Waals surface area contributed by atoms with Crippen molar-refractivity contribution in [2.45, 2.75) is 30.4 Å². The quantitative estimate of drug-likeness (QED) is 0.626. The fourth-order valence-corrected chi connectivity index (χ4v) is 3.28. The Balaban J connectivity index is 1.66. The van der Waals surface area contributed by atoms with Crippen LogP contribution in [0.4, 0.5) is 18.9 Å². The fraction of sp³-hybridized carbons (Fsp3) is 0.278. The molecule has 0 bridgehead atoms. The minimum absolute atomic E-state index is 0.290. The summed E-state index contributed by atoms with van der Waals surface area (Å²) in [5.74, 6) is 0.970. The van der Waals surface area contributed by atoms with Gasteiger partial charge in [-0.3, -0.25) is 4.79 Å². The molecule has 0 aliphatic heterocycles. The van der Waals surface area contributed by atoms with E-state index in [1.165, 1.54) is 23.9 Å². The number of halogens is 3. The Morgan fingerprint density at radius 2 is 1.89 bits per heavy atom. The van der Waals surface area contributed by atoms with Crippen LogP contribution in [0.1, 0.15) is 18.2 Å². The highest BCUT2D eigenvalue weighted by Crippen LogP contribution is 2.31. The Morgan fingerprint density at radius 1 is 1.21 bits per heavy atom. The van der Waals surface area contributed by atoms with E-state index in [1.807, 2.05) is 6.92 Å². The van der Waals surface area contributed by atoms with E-state index in [0.717, 1.165) is 17.7 Å². The predicted octanol–water partition coefficient (Wildman–Crippen LogP) is 4.52. The second-order valence-corrected chi connectivity index (χ2v) is 7.39. The number of amides is 1. The summed E-state index contributed by atoms with van der Waals surface area (Å²) in [6.07, 6.45) is -2.85. The third-order valence-electron chi connectivity index (χ3n) is 4.07. The fourth-order valence-electron chi connectivity index (χ4n) is 2.47. The molecule has 10 heteroatoms. The van der Waals surface area contributed by atoms with Gasteiger partial charge in [0.2, 0.25) is 5.91 Å². The van der Waals surface area contributed by atoms with Gasteiger partial charge in [-0.2, -0.15) is 13.2 Å². The zero-order valence-electron chi connectivity index (χ0n) is 15.2. The molecule has 0 saturated heterocycles. The maximum Gasteiger partial charge on any atom is 0.416 e. The van der Waals surface area contributed by atoms with Crippen molar-refractivity contribution in [2.75, 3.05) is 5.32 Å². The normalized spacial score (nSPS) is 12.8. The predicted molar refractivity (Wildman–Crippen MR) is 98.8 cm³/mol. The van der Waals surface area contributed by atoms with Gasteiger partial charge < -0.3 is 14.3 Å². The number of carbonyl (C=O) groups excluding carboxylic acids is 1. The van der Waals surface area contributed by atoms with Crippen LogP contribution in [0.15, 0.2) is 46.2 Å². The van der Waals surface area contributed by atoms with E-state index in [9.17, 15) is 18.0 Å². The van der Waals surface area contributed by atoms with Crippen LogP contribution in [0.5, 0.6) is 0 Å². The van der Waals surface area contributed by atoms with Crippen LogP contribution in [0, 0.1) is 6.92 Å². The van der Waals surface area contributed by atoms with Crippen molar-refractivity contribution in [3.05, 3.63) is 47.9 Å². The maximum absolute atomic E-state index is 12.6. The lowest BCUT2D eigenvalue weighted by molar-refractivity contribution is -0.137. The van der Waals surface area contributed by atoms with E-state index in [4.69, 9.17) is 4.42 Å². The van der Waals surface area contributed by atoms with Gasteiger partial charge in [-0.1, -0.05) is 11.8 Å². The number of carbonyl (C=O) groups is 1. The van der Waals surface area contributed by atoms with Crippen molar-refractivity contribution in [2.24, 2.45) is 7.05 Å². The summed E-state index contributed by atoms with van der Waals surface area (Å²) in [5, 5.41) is 10.9. The molecule has 0 unspecified atom stereocenters. The van der Waals surface area contributed by atoms with Crippen molar-refractivity contribution in [1.29, 1.82) is 0 Å². The molecule has 1 amide bonds. The number of furan rings is 1. The first-order valence-electron chi connectivity index (χ1n) is 8.25. The second-order valence-electron chi connectivity index (χ2n) is 6.08. The number of hydrogen-bond donors (Lipinski definition) is 1. The Labute approximate surface area is 163 Å². The number of benzene rings is 1. The number of nitrogens with one attached hydrogen (secondary N) is 1. The highest BCUT2D eigenvalue weighted by atomic mass is 32.2. The molecular formula is C18H17F3N4O2S. The molecule has 148 valence electrons. The summed E-state index contributed by atoms with van der Waals surface area (Å²) in [4.78, 5) is 12.4. The van der Waals surface area contributed by atoms with Crippen molar-refractivity contribution < 1.29 is 22.4 Å². The summed E-state index contributed by atoms with van der Waals surface area (Å²) < 4.78 is 44.9. The number of nitrogens with zero attached hydrogens (tertiary/aromatic N) is 3. The van der Waals surface area contributed by atoms with E-state index >= 15 is 0 Å². The van der Waals surface area contributed by atoms with Gasteiger partial charge in [-0.15, -0.1) is 10.2 Å². The molecule has 3 aromatic rings. The largest absolute Gasteiger partial charge is 0.469 e. The first-order valence-corrected chi connectivity index (χ1v) is 9.13. The van der Waals surface area contributed by atoms with Crippen molar-refractivity contribution in [3.63, 3.8) is 0 Å². The maximum atomic E-state index is 12.6.